The van der Waals surface area contributed by atoms with Gasteiger partial charge in [0.15, 0.2) is 9.84 Å². The molecular weight excluding hydrogens is 382 g/mol. The number of fused-ring (bicyclic) bond motifs is 1. The van der Waals surface area contributed by atoms with Gasteiger partial charge in [-0.15, -0.1) is 0 Å². The number of carbonyl (C=O) groups excluding carboxylic acids is 1. The Morgan fingerprint density at radius 3 is 2.78 bits per heavy atom. The van der Waals surface area contributed by atoms with E-state index in [2.05, 4.69) is 10.4 Å². The summed E-state index contributed by atoms with van der Waals surface area (Å²) in [5.41, 5.74) is 2.99. The lowest BCUT2D eigenvalue weighted by molar-refractivity contribution is -0.117. The first-order chi connectivity index (χ1) is 13.0. The van der Waals surface area contributed by atoms with E-state index in [9.17, 15) is 13.2 Å². The summed E-state index contributed by atoms with van der Waals surface area (Å²) < 4.78 is 25.6. The van der Waals surface area contributed by atoms with Gasteiger partial charge in [-0.25, -0.2) is 13.1 Å². The van der Waals surface area contributed by atoms with Gasteiger partial charge in [0.2, 0.25) is 5.91 Å². The van der Waals surface area contributed by atoms with Crippen molar-refractivity contribution in [3.63, 3.8) is 0 Å². The highest BCUT2D eigenvalue weighted by molar-refractivity contribution is 7.98. The van der Waals surface area contributed by atoms with Crippen LogP contribution >= 0.6 is 11.8 Å². The minimum atomic E-state index is -3.02. The monoisotopic (exact) mass is 405 g/mol. The van der Waals surface area contributed by atoms with Crippen molar-refractivity contribution in [3.8, 4) is 0 Å². The number of rotatable bonds is 5. The molecule has 6 nitrogen and oxygen atoms in total. The third kappa shape index (κ3) is 3.65. The molecule has 0 aliphatic carbocycles. The smallest absolute Gasteiger partial charge is 0.233 e. The van der Waals surface area contributed by atoms with Crippen LogP contribution in [0.2, 0.25) is 0 Å². The van der Waals surface area contributed by atoms with Crippen molar-refractivity contribution in [1.82, 2.24) is 9.78 Å². The van der Waals surface area contributed by atoms with Crippen molar-refractivity contribution in [2.45, 2.75) is 43.2 Å². The van der Waals surface area contributed by atoms with E-state index in [4.69, 9.17) is 0 Å². The Hall–Kier alpha value is -1.80. The average molecular weight is 406 g/mol. The SMILES string of the molecule is CCC(C(=O)Nc1c2c(nn1C1CCS(=O)(=O)C1)CSC2)c1ccccc1. The lowest BCUT2D eigenvalue weighted by Gasteiger charge is -2.19. The molecule has 1 fully saturated rings. The molecule has 8 heteroatoms. The van der Waals surface area contributed by atoms with Crippen molar-refractivity contribution in [3.05, 3.63) is 47.2 Å². The van der Waals surface area contributed by atoms with E-state index in [1.54, 1.807) is 16.4 Å². The van der Waals surface area contributed by atoms with E-state index in [-0.39, 0.29) is 29.4 Å². The van der Waals surface area contributed by atoms with E-state index >= 15 is 0 Å². The van der Waals surface area contributed by atoms with Crippen LogP contribution in [0.4, 0.5) is 5.82 Å². The number of anilines is 1. The van der Waals surface area contributed by atoms with Crippen molar-refractivity contribution in [2.24, 2.45) is 0 Å². The summed E-state index contributed by atoms with van der Waals surface area (Å²) in [6, 6.07) is 9.55. The molecule has 2 aromatic rings. The topological polar surface area (TPSA) is 81.1 Å². The van der Waals surface area contributed by atoms with Crippen LogP contribution in [-0.2, 0) is 26.1 Å². The predicted molar refractivity (Wildman–Crippen MR) is 108 cm³/mol. The van der Waals surface area contributed by atoms with Gasteiger partial charge in [-0.3, -0.25) is 4.79 Å². The Morgan fingerprint density at radius 2 is 2.11 bits per heavy atom. The molecule has 2 aliphatic rings. The minimum Gasteiger partial charge on any atom is -0.310 e. The predicted octanol–water partition coefficient (Wildman–Crippen LogP) is 3.12. The summed E-state index contributed by atoms with van der Waals surface area (Å²) in [7, 11) is -3.02. The Kier molecular flexibility index (Phi) is 5.03. The first-order valence-corrected chi connectivity index (χ1v) is 12.2. The Bertz CT molecular complexity index is 954. The fraction of sp³-hybridized carbons (Fsp3) is 0.474. The van der Waals surface area contributed by atoms with Crippen LogP contribution < -0.4 is 5.32 Å². The molecule has 1 saturated heterocycles. The molecule has 0 saturated carbocycles. The van der Waals surface area contributed by atoms with Gasteiger partial charge in [0.25, 0.3) is 0 Å². The van der Waals surface area contributed by atoms with E-state index in [1.807, 2.05) is 37.3 Å². The van der Waals surface area contributed by atoms with Crippen LogP contribution in [0.5, 0.6) is 0 Å². The second-order valence-corrected chi connectivity index (χ2v) is 10.3. The van der Waals surface area contributed by atoms with E-state index < -0.39 is 9.84 Å². The molecule has 2 atom stereocenters. The fourth-order valence-corrected chi connectivity index (χ4v) is 6.59. The van der Waals surface area contributed by atoms with Gasteiger partial charge in [0, 0.05) is 17.1 Å². The first kappa shape index (κ1) is 18.6. The number of aromatic nitrogens is 2. The van der Waals surface area contributed by atoms with Crippen LogP contribution in [0.3, 0.4) is 0 Å². The van der Waals surface area contributed by atoms with Crippen molar-refractivity contribution >= 4 is 33.3 Å². The van der Waals surface area contributed by atoms with Gasteiger partial charge in [0.05, 0.1) is 29.2 Å². The Labute approximate surface area is 163 Å². The second-order valence-electron chi connectivity index (χ2n) is 7.13. The molecule has 0 radical (unpaired) electrons. The number of thioether (sulfide) groups is 1. The number of hydrogen-bond donors (Lipinski definition) is 1. The molecule has 1 N–H and O–H groups in total. The van der Waals surface area contributed by atoms with Crippen LogP contribution in [0.1, 0.15) is 48.5 Å². The van der Waals surface area contributed by atoms with Crippen LogP contribution in [-0.4, -0.2) is 35.6 Å². The van der Waals surface area contributed by atoms with Gasteiger partial charge in [0.1, 0.15) is 5.82 Å². The number of nitrogens with one attached hydrogen (secondary N) is 1. The summed E-state index contributed by atoms with van der Waals surface area (Å²) in [5, 5.41) is 7.76. The lowest BCUT2D eigenvalue weighted by atomic mass is 9.95. The van der Waals surface area contributed by atoms with Crippen LogP contribution in [0.15, 0.2) is 30.3 Å². The number of amides is 1. The number of hydrogen-bond acceptors (Lipinski definition) is 5. The van der Waals surface area contributed by atoms with Crippen molar-refractivity contribution < 1.29 is 13.2 Å². The molecule has 2 unspecified atom stereocenters. The molecule has 144 valence electrons. The number of sulfone groups is 1. The Balaban J connectivity index is 1.64. The zero-order valence-corrected chi connectivity index (χ0v) is 16.9. The zero-order valence-electron chi connectivity index (χ0n) is 15.2. The standard InChI is InChI=1S/C19H23N3O3S2/c1-2-15(13-6-4-3-5-7-13)19(23)20-18-16-10-26-11-17(16)21-22(18)14-8-9-27(24,25)12-14/h3-7,14-15H,2,8-12H2,1H3,(H,20,23). The van der Waals surface area contributed by atoms with Crippen molar-refractivity contribution in [2.75, 3.05) is 16.8 Å². The largest absolute Gasteiger partial charge is 0.310 e. The molecule has 0 bridgehead atoms. The average Bonchev–Trinajstić information content (AvgIpc) is 3.32. The molecule has 2 aliphatic heterocycles. The summed E-state index contributed by atoms with van der Waals surface area (Å²) in [5.74, 6) is 2.27. The second kappa shape index (κ2) is 7.31. The van der Waals surface area contributed by atoms with Gasteiger partial charge < -0.3 is 5.32 Å². The molecule has 1 aromatic carbocycles. The quantitative estimate of drug-likeness (QED) is 0.827. The van der Waals surface area contributed by atoms with Gasteiger partial charge in [-0.05, 0) is 18.4 Å². The lowest BCUT2D eigenvalue weighted by Crippen LogP contribution is -2.24. The normalized spacial score (nSPS) is 21.7. The number of benzene rings is 1. The van der Waals surface area contributed by atoms with Crippen LogP contribution in [0, 0.1) is 0 Å². The molecule has 1 aromatic heterocycles. The minimum absolute atomic E-state index is 0.0644. The Morgan fingerprint density at radius 1 is 1.33 bits per heavy atom. The fourth-order valence-electron chi connectivity index (χ4n) is 3.86. The maximum Gasteiger partial charge on any atom is 0.233 e. The third-order valence-electron chi connectivity index (χ3n) is 5.30. The van der Waals surface area contributed by atoms with E-state index in [0.717, 1.165) is 28.3 Å². The molecule has 27 heavy (non-hydrogen) atoms. The van der Waals surface area contributed by atoms with Gasteiger partial charge >= 0.3 is 0 Å². The van der Waals surface area contributed by atoms with E-state index in [1.165, 1.54) is 0 Å². The van der Waals surface area contributed by atoms with Gasteiger partial charge in [-0.1, -0.05) is 37.3 Å². The van der Waals surface area contributed by atoms with Gasteiger partial charge in [-0.2, -0.15) is 16.9 Å². The first-order valence-electron chi connectivity index (χ1n) is 9.22. The highest BCUT2D eigenvalue weighted by Crippen LogP contribution is 2.38. The third-order valence-corrected chi connectivity index (χ3v) is 8.02. The number of carbonyl (C=O) groups is 1. The van der Waals surface area contributed by atoms with E-state index in [0.29, 0.717) is 18.7 Å². The molecule has 3 heterocycles. The molecule has 4 rings (SSSR count). The maximum atomic E-state index is 13.1. The number of nitrogens with zero attached hydrogens (tertiary/aromatic N) is 2. The van der Waals surface area contributed by atoms with Crippen molar-refractivity contribution in [1.29, 1.82) is 0 Å². The molecule has 0 spiro atoms. The summed E-state index contributed by atoms with van der Waals surface area (Å²) >= 11 is 1.77. The summed E-state index contributed by atoms with van der Waals surface area (Å²) in [6.45, 7) is 2.00. The molecule has 1 amide bonds. The molecular formula is C19H23N3O3S2. The highest BCUT2D eigenvalue weighted by Gasteiger charge is 2.35. The van der Waals surface area contributed by atoms with Crippen LogP contribution in [0.25, 0.3) is 0 Å². The maximum absolute atomic E-state index is 13.1. The zero-order chi connectivity index (χ0) is 19.0. The summed E-state index contributed by atoms with van der Waals surface area (Å²) in [6.07, 6.45) is 1.24. The highest BCUT2D eigenvalue weighted by atomic mass is 32.2. The summed E-state index contributed by atoms with van der Waals surface area (Å²) in [4.78, 5) is 13.1.